The van der Waals surface area contributed by atoms with E-state index in [2.05, 4.69) is 140 Å². The molecule has 2 heteroatoms. The van der Waals surface area contributed by atoms with Crippen LogP contribution in [0.15, 0.2) is 145 Å². The molecule has 6 aromatic rings. The van der Waals surface area contributed by atoms with Gasteiger partial charge in [0.15, 0.2) is 0 Å². The number of hydrogen-bond acceptors (Lipinski definition) is 2. The van der Waals surface area contributed by atoms with Crippen molar-refractivity contribution in [2.24, 2.45) is 0 Å². The van der Waals surface area contributed by atoms with E-state index in [0.29, 0.717) is 5.56 Å². The first kappa shape index (κ1) is 27.2. The van der Waals surface area contributed by atoms with E-state index >= 15 is 0 Å². The number of fused-ring (bicyclic) bond motifs is 10. The predicted octanol–water partition coefficient (Wildman–Crippen LogP) is 11.3. The topological polar surface area (TPSA) is 33.0 Å². The maximum atomic E-state index is 10.1. The molecule has 1 spiro atoms. The van der Waals surface area contributed by atoms with Gasteiger partial charge in [-0.1, -0.05) is 115 Å². The molecular weight excluding hydrogens is 583 g/mol. The number of rotatable bonds is 2. The fourth-order valence-corrected chi connectivity index (χ4v) is 8.99. The molecule has 1 heterocycles. The standard InChI is InChI=1S/C46H31NO/c47-28-29-22-24-32-33-25-23-31(27-41(33)46(40(32)26-29)38-18-8-10-20-42(38)48-43-21-11-9-19-39(43)46)45-36-16-6-4-14-34(36)44(30-12-2-1-3-13-30)35-15-5-7-17-37(35)45/h1-4,6-10,12-14,16-20,22-27H,5,11,15,21H2. The normalized spacial score (nSPS) is 18.1. The van der Waals surface area contributed by atoms with E-state index in [0.717, 1.165) is 48.3 Å². The number of benzene rings is 6. The summed E-state index contributed by atoms with van der Waals surface area (Å²) in [7, 11) is 0. The first-order valence-electron chi connectivity index (χ1n) is 16.9. The van der Waals surface area contributed by atoms with Gasteiger partial charge in [-0.3, -0.25) is 0 Å². The van der Waals surface area contributed by atoms with E-state index in [1.807, 2.05) is 6.07 Å². The minimum absolute atomic E-state index is 0.593. The molecule has 0 N–H and O–H groups in total. The Morgan fingerprint density at radius 1 is 0.604 bits per heavy atom. The van der Waals surface area contributed by atoms with Gasteiger partial charge in [0.25, 0.3) is 0 Å². The Balaban J connectivity index is 1.32. The van der Waals surface area contributed by atoms with Gasteiger partial charge in [0.2, 0.25) is 0 Å². The average Bonchev–Trinajstić information content (AvgIpc) is 3.43. The minimum Gasteiger partial charge on any atom is -0.461 e. The third kappa shape index (κ3) is 3.62. The third-order valence-corrected chi connectivity index (χ3v) is 10.9. The molecule has 0 amide bonds. The van der Waals surface area contributed by atoms with Gasteiger partial charge in [-0.25, -0.2) is 0 Å². The van der Waals surface area contributed by atoms with Crippen LogP contribution in [0.1, 0.15) is 52.6 Å². The largest absolute Gasteiger partial charge is 0.461 e. The van der Waals surface area contributed by atoms with Crippen molar-refractivity contribution in [1.82, 2.24) is 0 Å². The second-order valence-electron chi connectivity index (χ2n) is 13.3. The van der Waals surface area contributed by atoms with Crippen LogP contribution in [-0.2, 0) is 11.8 Å². The number of allylic oxidation sites excluding steroid dienone is 5. The number of hydrogen-bond donors (Lipinski definition) is 0. The van der Waals surface area contributed by atoms with Gasteiger partial charge in [-0.05, 0) is 110 Å². The lowest BCUT2D eigenvalue weighted by Crippen LogP contribution is -2.35. The summed E-state index contributed by atoms with van der Waals surface area (Å²) in [6, 6.07) is 44.1. The van der Waals surface area contributed by atoms with Crippen LogP contribution in [0.25, 0.3) is 50.2 Å². The molecule has 6 aromatic carbocycles. The highest BCUT2D eigenvalue weighted by Crippen LogP contribution is 2.62. The molecule has 0 fully saturated rings. The Labute approximate surface area is 280 Å². The molecule has 0 saturated heterocycles. The summed E-state index contributed by atoms with van der Waals surface area (Å²) in [5, 5.41) is 12.7. The molecule has 1 aliphatic heterocycles. The number of nitriles is 1. The predicted molar refractivity (Wildman–Crippen MR) is 195 cm³/mol. The van der Waals surface area contributed by atoms with E-state index in [1.54, 1.807) is 0 Å². The lowest BCUT2D eigenvalue weighted by atomic mass is 9.64. The van der Waals surface area contributed by atoms with E-state index in [1.165, 1.54) is 66.4 Å². The smallest absolute Gasteiger partial charge is 0.131 e. The van der Waals surface area contributed by atoms with Gasteiger partial charge in [0.1, 0.15) is 11.5 Å². The Hall–Kier alpha value is -5.91. The van der Waals surface area contributed by atoms with Crippen molar-refractivity contribution in [2.75, 3.05) is 0 Å². The summed E-state index contributed by atoms with van der Waals surface area (Å²) in [4.78, 5) is 0. The lowest BCUT2D eigenvalue weighted by molar-refractivity contribution is 0.364. The molecule has 1 atom stereocenters. The number of para-hydroxylation sites is 1. The minimum atomic E-state index is -0.593. The maximum Gasteiger partial charge on any atom is 0.131 e. The highest BCUT2D eigenvalue weighted by Gasteiger charge is 2.52. The molecule has 10 rings (SSSR count). The monoisotopic (exact) mass is 613 g/mol. The first-order valence-corrected chi connectivity index (χ1v) is 16.9. The van der Waals surface area contributed by atoms with Gasteiger partial charge < -0.3 is 4.74 Å². The zero-order chi connectivity index (χ0) is 31.8. The van der Waals surface area contributed by atoms with Gasteiger partial charge in [0, 0.05) is 17.6 Å². The second-order valence-corrected chi connectivity index (χ2v) is 13.3. The van der Waals surface area contributed by atoms with E-state index < -0.39 is 5.41 Å². The fraction of sp³-hybridized carbons (Fsp3) is 0.109. The summed E-state index contributed by atoms with van der Waals surface area (Å²) in [5.74, 6) is 1.93. The second kappa shape index (κ2) is 10.3. The quantitative estimate of drug-likeness (QED) is 0.195. The van der Waals surface area contributed by atoms with Crippen molar-refractivity contribution in [3.05, 3.63) is 178 Å². The van der Waals surface area contributed by atoms with Crippen molar-refractivity contribution in [2.45, 2.75) is 31.1 Å². The Bertz CT molecular complexity index is 2490. The summed E-state index contributed by atoms with van der Waals surface area (Å²) < 4.78 is 6.67. The summed E-state index contributed by atoms with van der Waals surface area (Å²) in [6.45, 7) is 0. The first-order chi connectivity index (χ1) is 23.8. The Kier molecular flexibility index (Phi) is 5.84. The summed E-state index contributed by atoms with van der Waals surface area (Å²) in [6.07, 6.45) is 13.1. The van der Waals surface area contributed by atoms with Crippen LogP contribution >= 0.6 is 0 Å². The van der Waals surface area contributed by atoms with E-state index in [9.17, 15) is 5.26 Å². The fourth-order valence-electron chi connectivity index (χ4n) is 8.99. The highest BCUT2D eigenvalue weighted by atomic mass is 16.5. The van der Waals surface area contributed by atoms with Crippen LogP contribution in [-0.4, -0.2) is 0 Å². The lowest BCUT2D eigenvalue weighted by Gasteiger charge is -2.41. The molecule has 2 nitrogen and oxygen atoms in total. The van der Waals surface area contributed by atoms with Gasteiger partial charge >= 0.3 is 0 Å². The Morgan fingerprint density at radius 2 is 1.31 bits per heavy atom. The summed E-state index contributed by atoms with van der Waals surface area (Å²) in [5.41, 5.74) is 15.1. The van der Waals surface area contributed by atoms with Crippen molar-refractivity contribution in [3.63, 3.8) is 0 Å². The molecule has 4 aliphatic rings. The van der Waals surface area contributed by atoms with Crippen molar-refractivity contribution < 1.29 is 4.74 Å². The maximum absolute atomic E-state index is 10.1. The molecule has 0 aromatic heterocycles. The molecular formula is C46H31NO. The molecule has 0 bridgehead atoms. The van der Waals surface area contributed by atoms with Crippen LogP contribution in [0, 0.1) is 11.3 Å². The highest BCUT2D eigenvalue weighted by molar-refractivity contribution is 6.10. The van der Waals surface area contributed by atoms with Crippen LogP contribution < -0.4 is 4.74 Å². The molecule has 226 valence electrons. The van der Waals surface area contributed by atoms with Crippen LogP contribution in [0.2, 0.25) is 0 Å². The zero-order valence-electron chi connectivity index (χ0n) is 26.5. The van der Waals surface area contributed by atoms with Crippen LogP contribution in [0.4, 0.5) is 0 Å². The Morgan fingerprint density at radius 3 is 2.17 bits per heavy atom. The molecule has 1 unspecified atom stereocenters. The third-order valence-electron chi connectivity index (χ3n) is 10.9. The molecule has 48 heavy (non-hydrogen) atoms. The van der Waals surface area contributed by atoms with E-state index in [4.69, 9.17) is 4.74 Å². The zero-order valence-corrected chi connectivity index (χ0v) is 26.5. The van der Waals surface area contributed by atoms with Crippen LogP contribution in [0.3, 0.4) is 0 Å². The van der Waals surface area contributed by atoms with Crippen molar-refractivity contribution in [3.8, 4) is 45.2 Å². The van der Waals surface area contributed by atoms with Crippen molar-refractivity contribution in [1.29, 1.82) is 5.26 Å². The van der Waals surface area contributed by atoms with Gasteiger partial charge in [-0.2, -0.15) is 5.26 Å². The van der Waals surface area contributed by atoms with E-state index in [-0.39, 0.29) is 0 Å². The van der Waals surface area contributed by atoms with Crippen molar-refractivity contribution >= 4 is 16.8 Å². The summed E-state index contributed by atoms with van der Waals surface area (Å²) >= 11 is 0. The van der Waals surface area contributed by atoms with Gasteiger partial charge in [-0.15, -0.1) is 0 Å². The van der Waals surface area contributed by atoms with Gasteiger partial charge in [0.05, 0.1) is 17.0 Å². The molecule has 0 saturated carbocycles. The molecule has 0 radical (unpaired) electrons. The molecule has 3 aliphatic carbocycles. The number of nitrogens with zero attached hydrogens (tertiary/aromatic N) is 1. The number of ether oxygens (including phenoxy) is 1. The SMILES string of the molecule is N#Cc1ccc2c(c1)C1(C3=C(CCC=C3)Oc3ccccc31)c1cc(-c3c4c(c(-c5ccccc5)c5ccccc35)CCC=C4)ccc1-2. The van der Waals surface area contributed by atoms with Crippen LogP contribution in [0.5, 0.6) is 5.75 Å². The average molecular weight is 614 g/mol.